The lowest BCUT2D eigenvalue weighted by molar-refractivity contribution is -0.116. The normalized spacial score (nSPS) is 17.8. The van der Waals surface area contributed by atoms with Gasteiger partial charge in [-0.15, -0.1) is 0 Å². The molecule has 1 aliphatic heterocycles. The van der Waals surface area contributed by atoms with E-state index in [1.807, 2.05) is 0 Å². The number of rotatable bonds is 5. The standard InChI is InChI=1S/C15H20N2O3/c1-20-15(19)12-4-2-3-5-13(12)17-14(18)7-6-11-8-9-16-10-11/h2-5,11,16H,6-10H2,1H3,(H,17,18). The molecule has 1 saturated heterocycles. The Balaban J connectivity index is 1.91. The van der Waals surface area contributed by atoms with Crippen molar-refractivity contribution in [1.29, 1.82) is 0 Å². The molecule has 0 radical (unpaired) electrons. The molecule has 0 aliphatic carbocycles. The van der Waals surface area contributed by atoms with E-state index in [1.165, 1.54) is 7.11 Å². The molecule has 1 atom stereocenters. The predicted molar refractivity (Wildman–Crippen MR) is 76.6 cm³/mol. The number of hydrogen-bond acceptors (Lipinski definition) is 4. The Morgan fingerprint density at radius 2 is 2.20 bits per heavy atom. The van der Waals surface area contributed by atoms with Gasteiger partial charge in [-0.2, -0.15) is 0 Å². The molecule has 1 aromatic carbocycles. The van der Waals surface area contributed by atoms with E-state index in [9.17, 15) is 9.59 Å². The Kier molecular flexibility index (Phi) is 5.12. The number of anilines is 1. The average molecular weight is 276 g/mol. The zero-order chi connectivity index (χ0) is 14.4. The highest BCUT2D eigenvalue weighted by atomic mass is 16.5. The highest BCUT2D eigenvalue weighted by molar-refractivity contribution is 6.01. The zero-order valence-corrected chi connectivity index (χ0v) is 11.6. The second-order valence-electron chi connectivity index (χ2n) is 4.98. The molecule has 0 bridgehead atoms. The van der Waals surface area contributed by atoms with Gasteiger partial charge in [0.05, 0.1) is 18.4 Å². The van der Waals surface area contributed by atoms with Crippen LogP contribution in [0.3, 0.4) is 0 Å². The smallest absolute Gasteiger partial charge is 0.339 e. The Hall–Kier alpha value is -1.88. The molecule has 1 amide bonds. The third-order valence-electron chi connectivity index (χ3n) is 3.55. The number of para-hydroxylation sites is 1. The van der Waals surface area contributed by atoms with Gasteiger partial charge in [-0.05, 0) is 44.0 Å². The van der Waals surface area contributed by atoms with Crippen molar-refractivity contribution in [2.45, 2.75) is 19.3 Å². The van der Waals surface area contributed by atoms with Gasteiger partial charge in [0.15, 0.2) is 0 Å². The van der Waals surface area contributed by atoms with E-state index in [0.717, 1.165) is 25.9 Å². The summed E-state index contributed by atoms with van der Waals surface area (Å²) in [7, 11) is 1.33. The van der Waals surface area contributed by atoms with Gasteiger partial charge in [-0.1, -0.05) is 12.1 Å². The summed E-state index contributed by atoms with van der Waals surface area (Å²) >= 11 is 0. The molecule has 0 aromatic heterocycles. The second-order valence-corrected chi connectivity index (χ2v) is 4.98. The van der Waals surface area contributed by atoms with Crippen molar-refractivity contribution in [3.8, 4) is 0 Å². The number of benzene rings is 1. The maximum atomic E-state index is 11.9. The van der Waals surface area contributed by atoms with Crippen molar-refractivity contribution < 1.29 is 14.3 Å². The van der Waals surface area contributed by atoms with E-state index in [-0.39, 0.29) is 5.91 Å². The molecule has 5 nitrogen and oxygen atoms in total. The Labute approximate surface area is 118 Å². The topological polar surface area (TPSA) is 67.4 Å². The number of methoxy groups -OCH3 is 1. The van der Waals surface area contributed by atoms with E-state index < -0.39 is 5.97 Å². The van der Waals surface area contributed by atoms with Gasteiger partial charge in [-0.3, -0.25) is 4.79 Å². The first-order valence-electron chi connectivity index (χ1n) is 6.88. The second kappa shape index (κ2) is 7.05. The maximum Gasteiger partial charge on any atom is 0.339 e. The fraction of sp³-hybridized carbons (Fsp3) is 0.467. The monoisotopic (exact) mass is 276 g/mol. The third-order valence-corrected chi connectivity index (χ3v) is 3.55. The quantitative estimate of drug-likeness (QED) is 0.805. The van der Waals surface area contributed by atoms with Crippen LogP contribution < -0.4 is 10.6 Å². The molecular weight excluding hydrogens is 256 g/mol. The van der Waals surface area contributed by atoms with Crippen LogP contribution in [-0.2, 0) is 9.53 Å². The van der Waals surface area contributed by atoms with Gasteiger partial charge < -0.3 is 15.4 Å². The van der Waals surface area contributed by atoms with Crippen LogP contribution in [0.25, 0.3) is 0 Å². The Morgan fingerprint density at radius 3 is 2.90 bits per heavy atom. The molecule has 1 aliphatic rings. The van der Waals surface area contributed by atoms with Crippen molar-refractivity contribution in [2.75, 3.05) is 25.5 Å². The van der Waals surface area contributed by atoms with Crippen molar-refractivity contribution in [2.24, 2.45) is 5.92 Å². The van der Waals surface area contributed by atoms with Crippen LogP contribution in [-0.4, -0.2) is 32.1 Å². The maximum absolute atomic E-state index is 11.9. The van der Waals surface area contributed by atoms with E-state index in [4.69, 9.17) is 4.74 Å². The van der Waals surface area contributed by atoms with Gasteiger partial charge in [0.25, 0.3) is 0 Å². The summed E-state index contributed by atoms with van der Waals surface area (Å²) in [5.41, 5.74) is 0.889. The van der Waals surface area contributed by atoms with Crippen LogP contribution in [0, 0.1) is 5.92 Å². The molecule has 1 aromatic rings. The first kappa shape index (κ1) is 14.5. The van der Waals surface area contributed by atoms with Gasteiger partial charge in [-0.25, -0.2) is 4.79 Å². The lowest BCUT2D eigenvalue weighted by Gasteiger charge is -2.11. The van der Waals surface area contributed by atoms with E-state index in [0.29, 0.717) is 23.6 Å². The first-order chi connectivity index (χ1) is 9.70. The minimum absolute atomic E-state index is 0.0618. The van der Waals surface area contributed by atoms with Gasteiger partial charge in [0.1, 0.15) is 0 Å². The molecule has 108 valence electrons. The Morgan fingerprint density at radius 1 is 1.40 bits per heavy atom. The van der Waals surface area contributed by atoms with Crippen LogP contribution in [0.15, 0.2) is 24.3 Å². The molecule has 20 heavy (non-hydrogen) atoms. The minimum atomic E-state index is -0.444. The minimum Gasteiger partial charge on any atom is -0.465 e. The molecule has 2 rings (SSSR count). The molecule has 0 spiro atoms. The van der Waals surface area contributed by atoms with Gasteiger partial charge in [0.2, 0.25) is 5.91 Å². The number of ether oxygens (including phenoxy) is 1. The number of esters is 1. The average Bonchev–Trinajstić information content (AvgIpc) is 2.98. The highest BCUT2D eigenvalue weighted by Crippen LogP contribution is 2.18. The van der Waals surface area contributed by atoms with Crippen molar-refractivity contribution in [1.82, 2.24) is 5.32 Å². The molecule has 1 unspecified atom stereocenters. The van der Waals surface area contributed by atoms with Gasteiger partial charge >= 0.3 is 5.97 Å². The van der Waals surface area contributed by atoms with E-state index >= 15 is 0 Å². The fourth-order valence-electron chi connectivity index (χ4n) is 2.39. The summed E-state index contributed by atoms with van der Waals surface area (Å²) in [5.74, 6) is 0.0748. The summed E-state index contributed by atoms with van der Waals surface area (Å²) in [6.07, 6.45) is 2.48. The molecule has 2 N–H and O–H groups in total. The van der Waals surface area contributed by atoms with Gasteiger partial charge in [0, 0.05) is 6.42 Å². The first-order valence-corrected chi connectivity index (χ1v) is 6.88. The molecule has 5 heteroatoms. The van der Waals surface area contributed by atoms with Crippen LogP contribution >= 0.6 is 0 Å². The fourth-order valence-corrected chi connectivity index (χ4v) is 2.39. The lowest BCUT2D eigenvalue weighted by atomic mass is 10.0. The predicted octanol–water partition coefficient (Wildman–Crippen LogP) is 1.80. The number of nitrogens with one attached hydrogen (secondary N) is 2. The Bertz CT molecular complexity index is 482. The van der Waals surface area contributed by atoms with Crippen LogP contribution in [0.4, 0.5) is 5.69 Å². The summed E-state index contributed by atoms with van der Waals surface area (Å²) in [4.78, 5) is 23.5. The lowest BCUT2D eigenvalue weighted by Crippen LogP contribution is -2.17. The number of amides is 1. The number of carbonyl (C=O) groups excluding carboxylic acids is 2. The van der Waals surface area contributed by atoms with Crippen molar-refractivity contribution in [3.05, 3.63) is 29.8 Å². The van der Waals surface area contributed by atoms with Crippen molar-refractivity contribution >= 4 is 17.6 Å². The number of carbonyl (C=O) groups is 2. The summed E-state index contributed by atoms with van der Waals surface area (Å²) < 4.78 is 4.70. The van der Waals surface area contributed by atoms with E-state index in [2.05, 4.69) is 10.6 Å². The van der Waals surface area contributed by atoms with E-state index in [1.54, 1.807) is 24.3 Å². The van der Waals surface area contributed by atoms with Crippen LogP contribution in [0.5, 0.6) is 0 Å². The van der Waals surface area contributed by atoms with Crippen molar-refractivity contribution in [3.63, 3.8) is 0 Å². The molecule has 1 fully saturated rings. The summed E-state index contributed by atoms with van der Waals surface area (Å²) in [6.45, 7) is 2.03. The van der Waals surface area contributed by atoms with Crippen LogP contribution in [0.1, 0.15) is 29.6 Å². The molecule has 0 saturated carbocycles. The summed E-state index contributed by atoms with van der Waals surface area (Å²) in [6, 6.07) is 6.87. The zero-order valence-electron chi connectivity index (χ0n) is 11.6. The molecular formula is C15H20N2O3. The third kappa shape index (κ3) is 3.81. The number of hydrogen-bond donors (Lipinski definition) is 2. The largest absolute Gasteiger partial charge is 0.465 e. The molecule has 1 heterocycles. The summed E-state index contributed by atoms with van der Waals surface area (Å²) in [5, 5.41) is 6.07. The highest BCUT2D eigenvalue weighted by Gasteiger charge is 2.17. The van der Waals surface area contributed by atoms with Crippen LogP contribution in [0.2, 0.25) is 0 Å². The SMILES string of the molecule is COC(=O)c1ccccc1NC(=O)CCC1CCNC1.